The molecule has 1 heterocycles. The van der Waals surface area contributed by atoms with Crippen molar-refractivity contribution in [3.05, 3.63) is 0 Å². The number of piperazine rings is 1. The van der Waals surface area contributed by atoms with Crippen molar-refractivity contribution in [3.63, 3.8) is 0 Å². The maximum Gasteiger partial charge on any atom is 0.222 e. The average Bonchev–Trinajstić information content (AvgIpc) is 3.08. The summed E-state index contributed by atoms with van der Waals surface area (Å²) >= 11 is 0. The van der Waals surface area contributed by atoms with Crippen LogP contribution in [-0.4, -0.2) is 70.3 Å². The van der Waals surface area contributed by atoms with E-state index in [1.807, 2.05) is 11.8 Å². The molecule has 5 nitrogen and oxygen atoms in total. The zero-order valence-electron chi connectivity index (χ0n) is 19.9. The molecule has 5 rings (SSSR count). The van der Waals surface area contributed by atoms with E-state index in [-0.39, 0.29) is 29.6 Å². The molecule has 5 heteroatoms. The van der Waals surface area contributed by atoms with Crippen molar-refractivity contribution in [2.45, 2.75) is 96.8 Å². The van der Waals surface area contributed by atoms with Gasteiger partial charge in [0.1, 0.15) is 0 Å². The monoisotopic (exact) mass is 432 g/mol. The van der Waals surface area contributed by atoms with Crippen LogP contribution < -0.4 is 0 Å². The molecule has 0 aromatic carbocycles. The Labute approximate surface area is 188 Å². The fourth-order valence-electron chi connectivity index (χ4n) is 9.15. The van der Waals surface area contributed by atoms with E-state index in [1.54, 1.807) is 0 Å². The minimum Gasteiger partial charge on any atom is -0.393 e. The first-order valence-electron chi connectivity index (χ1n) is 13.2. The number of hydrogen-bond donors (Lipinski definition) is 2. The Bertz CT molecular complexity index is 692. The molecule has 0 bridgehead atoms. The maximum atomic E-state index is 12.1. The molecular weight excluding hydrogens is 388 g/mol. The molecule has 1 aliphatic heterocycles. The van der Waals surface area contributed by atoms with Crippen LogP contribution in [0.2, 0.25) is 0 Å². The third-order valence-electron chi connectivity index (χ3n) is 11.1. The van der Waals surface area contributed by atoms with Crippen LogP contribution in [0, 0.1) is 34.5 Å². The number of hydrogen-bond acceptors (Lipinski definition) is 4. The number of carbonyl (C=O) groups is 1. The summed E-state index contributed by atoms with van der Waals surface area (Å²) in [5, 5.41) is 21.9. The van der Waals surface area contributed by atoms with Gasteiger partial charge in [0, 0.05) is 38.6 Å². The number of rotatable bonds is 2. The Balaban J connectivity index is 1.32. The molecule has 1 saturated heterocycles. The van der Waals surface area contributed by atoms with Crippen LogP contribution in [0.5, 0.6) is 0 Å². The molecule has 0 spiro atoms. The third-order valence-corrected chi connectivity index (χ3v) is 11.1. The predicted octanol–water partition coefficient (Wildman–Crippen LogP) is 3.28. The van der Waals surface area contributed by atoms with Crippen LogP contribution in [0.3, 0.4) is 0 Å². The highest BCUT2D eigenvalue weighted by atomic mass is 16.3. The molecule has 0 radical (unpaired) electrons. The first-order chi connectivity index (χ1) is 14.8. The zero-order valence-corrected chi connectivity index (χ0v) is 19.9. The van der Waals surface area contributed by atoms with E-state index in [2.05, 4.69) is 18.7 Å². The number of carbonyl (C=O) groups excluding carboxylic acids is 1. The van der Waals surface area contributed by atoms with Crippen molar-refractivity contribution in [3.8, 4) is 0 Å². The minimum absolute atomic E-state index is 0.105. The first kappa shape index (κ1) is 22.2. The largest absolute Gasteiger partial charge is 0.393 e. The van der Waals surface area contributed by atoms with Crippen molar-refractivity contribution < 1.29 is 15.0 Å². The summed E-state index contributed by atoms with van der Waals surface area (Å²) < 4.78 is 0. The molecule has 0 unspecified atom stereocenters. The second kappa shape index (κ2) is 7.99. The highest BCUT2D eigenvalue weighted by Crippen LogP contribution is 2.66. The smallest absolute Gasteiger partial charge is 0.222 e. The topological polar surface area (TPSA) is 64.0 Å². The van der Waals surface area contributed by atoms with Gasteiger partial charge in [0.25, 0.3) is 0 Å². The van der Waals surface area contributed by atoms with Gasteiger partial charge in [-0.25, -0.2) is 0 Å². The van der Waals surface area contributed by atoms with E-state index in [1.165, 1.54) is 32.1 Å². The summed E-state index contributed by atoms with van der Waals surface area (Å²) in [5.74, 6) is 3.08. The lowest BCUT2D eigenvalue weighted by atomic mass is 9.44. The molecule has 0 aromatic heterocycles. The van der Waals surface area contributed by atoms with Gasteiger partial charge in [0.15, 0.2) is 0 Å². The van der Waals surface area contributed by atoms with Gasteiger partial charge < -0.3 is 15.1 Å². The summed E-state index contributed by atoms with van der Waals surface area (Å²) in [6.07, 6.45) is 9.48. The van der Waals surface area contributed by atoms with Gasteiger partial charge in [-0.3, -0.25) is 9.69 Å². The van der Waals surface area contributed by atoms with E-state index in [4.69, 9.17) is 0 Å². The summed E-state index contributed by atoms with van der Waals surface area (Å²) in [7, 11) is 0. The Kier molecular flexibility index (Phi) is 5.71. The Hall–Kier alpha value is -0.650. The van der Waals surface area contributed by atoms with Crippen LogP contribution in [0.4, 0.5) is 0 Å². The summed E-state index contributed by atoms with van der Waals surface area (Å²) in [4.78, 5) is 16.6. The zero-order chi connectivity index (χ0) is 22.0. The van der Waals surface area contributed by atoms with Crippen LogP contribution >= 0.6 is 0 Å². The predicted molar refractivity (Wildman–Crippen MR) is 121 cm³/mol. The summed E-state index contributed by atoms with van der Waals surface area (Å²) in [5.41, 5.74) is 0.443. The fraction of sp³-hybridized carbons (Fsp3) is 0.962. The fourth-order valence-corrected chi connectivity index (χ4v) is 9.15. The molecule has 5 aliphatic rings. The van der Waals surface area contributed by atoms with Crippen LogP contribution in [0.1, 0.15) is 78.6 Å². The molecule has 4 saturated carbocycles. The number of nitrogens with zero attached hydrogens (tertiary/aromatic N) is 2. The second-order valence-corrected chi connectivity index (χ2v) is 12.1. The molecular formula is C26H44N2O3. The van der Waals surface area contributed by atoms with Crippen molar-refractivity contribution >= 4 is 5.91 Å². The molecule has 176 valence electrons. The molecule has 2 N–H and O–H groups in total. The van der Waals surface area contributed by atoms with Crippen molar-refractivity contribution in [2.75, 3.05) is 26.2 Å². The van der Waals surface area contributed by atoms with Gasteiger partial charge in [0.2, 0.25) is 5.91 Å². The van der Waals surface area contributed by atoms with Crippen molar-refractivity contribution in [2.24, 2.45) is 34.5 Å². The standard InChI is InChI=1S/C26H44N2O3/c1-4-24(31)28-13-11-27(12-14-28)21-16-26(3)17(15-22(21)29)5-6-18-19-7-8-23(30)25(19,2)10-9-20(18)26/h17-23,29-30H,4-16H2,1-3H3/t17-,18-,19-,20-,21-,22-,23-,25-,26-/m0/s1. The Morgan fingerprint density at radius 2 is 1.65 bits per heavy atom. The molecule has 31 heavy (non-hydrogen) atoms. The van der Waals surface area contributed by atoms with Crippen LogP contribution in [-0.2, 0) is 4.79 Å². The lowest BCUT2D eigenvalue weighted by Crippen LogP contribution is -2.62. The van der Waals surface area contributed by atoms with Gasteiger partial charge in [-0.1, -0.05) is 20.8 Å². The van der Waals surface area contributed by atoms with E-state index in [9.17, 15) is 15.0 Å². The molecule has 4 aliphatic carbocycles. The van der Waals surface area contributed by atoms with E-state index < -0.39 is 0 Å². The molecule has 1 amide bonds. The second-order valence-electron chi connectivity index (χ2n) is 12.1. The van der Waals surface area contributed by atoms with Gasteiger partial charge >= 0.3 is 0 Å². The summed E-state index contributed by atoms with van der Waals surface area (Å²) in [6, 6.07) is 0.237. The number of fused-ring (bicyclic) bond motifs is 5. The summed E-state index contributed by atoms with van der Waals surface area (Å²) in [6.45, 7) is 10.3. The Morgan fingerprint density at radius 3 is 2.35 bits per heavy atom. The van der Waals surface area contributed by atoms with Crippen molar-refractivity contribution in [1.82, 2.24) is 9.80 Å². The lowest BCUT2D eigenvalue weighted by Gasteiger charge is -2.62. The lowest BCUT2D eigenvalue weighted by molar-refractivity contribution is -0.156. The van der Waals surface area contributed by atoms with Gasteiger partial charge in [0.05, 0.1) is 12.2 Å². The van der Waals surface area contributed by atoms with E-state index >= 15 is 0 Å². The minimum atomic E-state index is -0.231. The van der Waals surface area contributed by atoms with Crippen LogP contribution in [0.25, 0.3) is 0 Å². The van der Waals surface area contributed by atoms with E-state index in [0.29, 0.717) is 23.7 Å². The molecule has 0 aromatic rings. The first-order valence-corrected chi connectivity index (χ1v) is 13.2. The number of aliphatic hydroxyl groups is 2. The quantitative estimate of drug-likeness (QED) is 0.703. The Morgan fingerprint density at radius 1 is 0.935 bits per heavy atom. The number of aliphatic hydroxyl groups excluding tert-OH is 2. The maximum absolute atomic E-state index is 12.1. The van der Waals surface area contributed by atoms with Gasteiger partial charge in [-0.2, -0.15) is 0 Å². The van der Waals surface area contributed by atoms with Gasteiger partial charge in [-0.15, -0.1) is 0 Å². The third kappa shape index (κ3) is 3.40. The highest BCUT2D eigenvalue weighted by molar-refractivity contribution is 5.75. The SMILES string of the molecule is CCC(=O)N1CCN([C@H]2C[C@@]3(C)[C@@H](CC[C@@H]4[C@@H]3CC[C@]3(C)[C@@H](O)CC[C@@H]43)C[C@@H]2O)CC1. The molecule has 9 atom stereocenters. The van der Waals surface area contributed by atoms with Crippen LogP contribution in [0.15, 0.2) is 0 Å². The molecule has 5 fully saturated rings. The number of amides is 1. The van der Waals surface area contributed by atoms with Gasteiger partial charge in [-0.05, 0) is 85.9 Å². The van der Waals surface area contributed by atoms with E-state index in [0.717, 1.165) is 57.3 Å². The normalized spacial score (nSPS) is 50.5. The van der Waals surface area contributed by atoms with Crippen molar-refractivity contribution in [1.29, 1.82) is 0 Å². The highest BCUT2D eigenvalue weighted by Gasteiger charge is 2.61. The average molecular weight is 433 g/mol.